The molecule has 0 bridgehead atoms. The van der Waals surface area contributed by atoms with Gasteiger partial charge in [-0.1, -0.05) is 0 Å². The molecular formula is C7H11BrClN3O. The molecule has 1 fully saturated rings. The Morgan fingerprint density at radius 2 is 2.38 bits per heavy atom. The molecule has 1 aliphatic rings. The molecule has 0 radical (unpaired) electrons. The third kappa shape index (κ3) is 2.22. The molecule has 0 spiro atoms. The highest BCUT2D eigenvalue weighted by molar-refractivity contribution is 9.10. The van der Waals surface area contributed by atoms with Crippen LogP contribution in [0.15, 0.2) is 16.9 Å². The van der Waals surface area contributed by atoms with E-state index in [-0.39, 0.29) is 24.5 Å². The second-order valence-electron chi connectivity index (χ2n) is 2.91. The van der Waals surface area contributed by atoms with E-state index in [2.05, 4.69) is 21.0 Å². The number of ether oxygens (including phenoxy) is 1. The largest absolute Gasteiger partial charge is 0.377 e. The minimum absolute atomic E-state index is 0. The molecule has 0 aliphatic carbocycles. The van der Waals surface area contributed by atoms with Crippen LogP contribution in [0.5, 0.6) is 0 Å². The smallest absolute Gasteiger partial charge is 0.0925 e. The van der Waals surface area contributed by atoms with Crippen LogP contribution < -0.4 is 5.73 Å². The molecule has 74 valence electrons. The third-order valence-corrected chi connectivity index (χ3v) is 2.41. The van der Waals surface area contributed by atoms with Gasteiger partial charge in [-0.15, -0.1) is 12.4 Å². The summed E-state index contributed by atoms with van der Waals surface area (Å²) in [5.74, 6) is 0. The average molecular weight is 269 g/mol. The summed E-state index contributed by atoms with van der Waals surface area (Å²) in [6.07, 6.45) is 3.67. The standard InChI is InChI=1S/C7H10BrN3O.ClH/c8-5-1-10-11(2-5)7-4-12-3-6(7)9;/h1-2,6-7H,3-4,9H2;1H/t6-,7+;/m0./s1. The van der Waals surface area contributed by atoms with E-state index in [0.29, 0.717) is 13.2 Å². The fourth-order valence-electron chi connectivity index (χ4n) is 1.33. The lowest BCUT2D eigenvalue weighted by Crippen LogP contribution is -2.30. The number of nitrogens with zero attached hydrogens (tertiary/aromatic N) is 2. The quantitative estimate of drug-likeness (QED) is 0.826. The summed E-state index contributed by atoms with van der Waals surface area (Å²) >= 11 is 3.33. The van der Waals surface area contributed by atoms with Crippen LogP contribution >= 0.6 is 28.3 Å². The first-order valence-electron chi connectivity index (χ1n) is 3.80. The van der Waals surface area contributed by atoms with E-state index in [0.717, 1.165) is 4.47 Å². The van der Waals surface area contributed by atoms with Gasteiger partial charge in [-0.05, 0) is 15.9 Å². The molecule has 0 unspecified atom stereocenters. The molecule has 1 aromatic rings. The van der Waals surface area contributed by atoms with E-state index in [1.165, 1.54) is 0 Å². The highest BCUT2D eigenvalue weighted by atomic mass is 79.9. The van der Waals surface area contributed by atoms with E-state index >= 15 is 0 Å². The lowest BCUT2D eigenvalue weighted by atomic mass is 10.2. The Morgan fingerprint density at radius 1 is 1.62 bits per heavy atom. The predicted molar refractivity (Wildman–Crippen MR) is 55.0 cm³/mol. The molecule has 2 heterocycles. The second kappa shape index (κ2) is 4.41. The van der Waals surface area contributed by atoms with E-state index in [9.17, 15) is 0 Å². The number of nitrogens with two attached hydrogens (primary N) is 1. The van der Waals surface area contributed by atoms with Crippen LogP contribution in [0, 0.1) is 0 Å². The van der Waals surface area contributed by atoms with Gasteiger partial charge < -0.3 is 10.5 Å². The summed E-state index contributed by atoms with van der Waals surface area (Å²) in [5, 5.41) is 4.16. The highest BCUT2D eigenvalue weighted by Gasteiger charge is 2.26. The minimum Gasteiger partial charge on any atom is -0.377 e. The molecule has 2 atom stereocenters. The summed E-state index contributed by atoms with van der Waals surface area (Å²) in [5.41, 5.74) is 5.82. The molecule has 0 aromatic carbocycles. The van der Waals surface area contributed by atoms with Crippen LogP contribution in [0.3, 0.4) is 0 Å². The molecule has 2 rings (SSSR count). The number of hydrogen-bond donors (Lipinski definition) is 1. The third-order valence-electron chi connectivity index (χ3n) is 2.00. The SMILES string of the molecule is Cl.N[C@H]1COC[C@H]1n1cc(Br)cn1. The van der Waals surface area contributed by atoms with Crippen molar-refractivity contribution < 1.29 is 4.74 Å². The molecule has 0 amide bonds. The summed E-state index contributed by atoms with van der Waals surface area (Å²) < 4.78 is 8.05. The van der Waals surface area contributed by atoms with Gasteiger partial charge in [-0.25, -0.2) is 0 Å². The van der Waals surface area contributed by atoms with Gasteiger partial charge in [0.15, 0.2) is 0 Å². The monoisotopic (exact) mass is 267 g/mol. The zero-order valence-electron chi connectivity index (χ0n) is 6.89. The van der Waals surface area contributed by atoms with E-state index in [1.807, 2.05) is 10.9 Å². The van der Waals surface area contributed by atoms with Crippen molar-refractivity contribution >= 4 is 28.3 Å². The van der Waals surface area contributed by atoms with Crippen molar-refractivity contribution in [3.05, 3.63) is 16.9 Å². The maximum atomic E-state index is 5.82. The Kier molecular flexibility index (Phi) is 3.73. The zero-order chi connectivity index (χ0) is 8.55. The molecule has 1 aromatic heterocycles. The van der Waals surface area contributed by atoms with E-state index in [4.69, 9.17) is 10.5 Å². The Labute approximate surface area is 91.0 Å². The topological polar surface area (TPSA) is 53.1 Å². The molecule has 1 saturated heterocycles. The van der Waals surface area contributed by atoms with Crippen molar-refractivity contribution in [3.8, 4) is 0 Å². The molecule has 2 N–H and O–H groups in total. The van der Waals surface area contributed by atoms with Gasteiger partial charge >= 0.3 is 0 Å². The van der Waals surface area contributed by atoms with Crippen molar-refractivity contribution in [3.63, 3.8) is 0 Å². The summed E-state index contributed by atoms with van der Waals surface area (Å²) in [6, 6.07) is 0.257. The molecule has 1 aliphatic heterocycles. The van der Waals surface area contributed by atoms with Gasteiger partial charge in [0, 0.05) is 6.20 Å². The number of rotatable bonds is 1. The number of aromatic nitrogens is 2. The lowest BCUT2D eigenvalue weighted by Gasteiger charge is -2.12. The minimum atomic E-state index is 0. The maximum Gasteiger partial charge on any atom is 0.0925 e. The van der Waals surface area contributed by atoms with Gasteiger partial charge in [-0.2, -0.15) is 5.10 Å². The fourth-order valence-corrected chi connectivity index (χ4v) is 1.63. The maximum absolute atomic E-state index is 5.82. The summed E-state index contributed by atoms with van der Waals surface area (Å²) in [6.45, 7) is 1.29. The fraction of sp³-hybridized carbons (Fsp3) is 0.571. The molecular weight excluding hydrogens is 257 g/mol. The first kappa shape index (κ1) is 11.0. The van der Waals surface area contributed by atoms with Gasteiger partial charge in [0.25, 0.3) is 0 Å². The molecule has 0 saturated carbocycles. The van der Waals surface area contributed by atoms with Crippen molar-refractivity contribution in [2.24, 2.45) is 5.73 Å². The van der Waals surface area contributed by atoms with Crippen LogP contribution in [-0.4, -0.2) is 29.0 Å². The van der Waals surface area contributed by atoms with Crippen LogP contribution in [0.4, 0.5) is 0 Å². The summed E-state index contributed by atoms with van der Waals surface area (Å²) in [7, 11) is 0. The Hall–Kier alpha value is -0.100. The Balaban J connectivity index is 0.000000845. The van der Waals surface area contributed by atoms with Gasteiger partial charge in [0.05, 0.1) is 36.0 Å². The van der Waals surface area contributed by atoms with Crippen LogP contribution in [0.1, 0.15) is 6.04 Å². The zero-order valence-corrected chi connectivity index (χ0v) is 9.29. The first-order valence-corrected chi connectivity index (χ1v) is 4.59. The number of halogens is 2. The van der Waals surface area contributed by atoms with Gasteiger partial charge in [-0.3, -0.25) is 4.68 Å². The van der Waals surface area contributed by atoms with E-state index < -0.39 is 0 Å². The normalized spacial score (nSPS) is 27.2. The lowest BCUT2D eigenvalue weighted by molar-refractivity contribution is 0.183. The van der Waals surface area contributed by atoms with Gasteiger partial charge in [0.1, 0.15) is 0 Å². The van der Waals surface area contributed by atoms with Crippen molar-refractivity contribution in [2.45, 2.75) is 12.1 Å². The number of hydrogen-bond acceptors (Lipinski definition) is 3. The van der Waals surface area contributed by atoms with Crippen molar-refractivity contribution in [2.75, 3.05) is 13.2 Å². The molecule has 4 nitrogen and oxygen atoms in total. The van der Waals surface area contributed by atoms with Crippen molar-refractivity contribution in [1.82, 2.24) is 9.78 Å². The van der Waals surface area contributed by atoms with Crippen molar-refractivity contribution in [1.29, 1.82) is 0 Å². The van der Waals surface area contributed by atoms with Crippen LogP contribution in [0.25, 0.3) is 0 Å². The van der Waals surface area contributed by atoms with Crippen LogP contribution in [0.2, 0.25) is 0 Å². The second-order valence-corrected chi connectivity index (χ2v) is 3.82. The Bertz CT molecular complexity index is 280. The average Bonchev–Trinajstić information content (AvgIpc) is 2.58. The highest BCUT2D eigenvalue weighted by Crippen LogP contribution is 2.18. The van der Waals surface area contributed by atoms with E-state index in [1.54, 1.807) is 6.20 Å². The Morgan fingerprint density at radius 3 is 2.85 bits per heavy atom. The van der Waals surface area contributed by atoms with Gasteiger partial charge in [0.2, 0.25) is 0 Å². The summed E-state index contributed by atoms with van der Waals surface area (Å²) in [4.78, 5) is 0. The molecule has 13 heavy (non-hydrogen) atoms. The molecule has 6 heteroatoms. The first-order chi connectivity index (χ1) is 5.77. The van der Waals surface area contributed by atoms with Crippen LogP contribution in [-0.2, 0) is 4.74 Å². The predicted octanol–water partition coefficient (Wildman–Crippen LogP) is 0.966.